The molecule has 150 valence electrons. The number of halogens is 1. The molecule has 7 nitrogen and oxygen atoms in total. The molecule has 2 aliphatic heterocycles. The van der Waals surface area contributed by atoms with E-state index in [-0.39, 0.29) is 17.7 Å². The van der Waals surface area contributed by atoms with Gasteiger partial charge in [0.15, 0.2) is 0 Å². The van der Waals surface area contributed by atoms with Crippen LogP contribution in [0.15, 0.2) is 52.5 Å². The quantitative estimate of drug-likeness (QED) is 0.764. The fourth-order valence-corrected chi connectivity index (χ4v) is 3.66. The number of hydrogen-bond donors (Lipinski definition) is 0. The minimum absolute atomic E-state index is 0.0735. The first-order chi connectivity index (χ1) is 14.1. The summed E-state index contributed by atoms with van der Waals surface area (Å²) < 4.78 is 5.48. The van der Waals surface area contributed by atoms with Gasteiger partial charge in [-0.3, -0.25) is 9.59 Å². The summed E-state index contributed by atoms with van der Waals surface area (Å²) in [5, 5.41) is 0.484. The van der Waals surface area contributed by atoms with Gasteiger partial charge < -0.3 is 14.5 Å². The Morgan fingerprint density at radius 1 is 1.21 bits per heavy atom. The van der Waals surface area contributed by atoms with Crippen LogP contribution in [0.4, 0.5) is 0 Å². The molecule has 1 saturated heterocycles. The number of hydrogen-bond acceptors (Lipinski definition) is 5. The number of nitrogens with zero attached hydrogens (tertiary/aromatic N) is 4. The molecule has 1 aromatic rings. The van der Waals surface area contributed by atoms with E-state index in [0.717, 1.165) is 0 Å². The third-order valence-corrected chi connectivity index (χ3v) is 5.35. The zero-order valence-corrected chi connectivity index (χ0v) is 16.8. The minimum atomic E-state index is -0.379. The van der Waals surface area contributed by atoms with E-state index >= 15 is 0 Å². The van der Waals surface area contributed by atoms with Gasteiger partial charge >= 0.3 is 0 Å². The zero-order valence-electron chi connectivity index (χ0n) is 16.0. The molecule has 8 heteroatoms. The monoisotopic (exact) mass is 412 g/mol. The molecule has 1 atom stereocenters. The largest absolute Gasteiger partial charge is 0.492 e. The Balaban J connectivity index is 1.42. The van der Waals surface area contributed by atoms with Crippen LogP contribution in [-0.2, 0) is 4.79 Å². The second-order valence-corrected chi connectivity index (χ2v) is 7.27. The Morgan fingerprint density at radius 3 is 2.76 bits per heavy atom. The van der Waals surface area contributed by atoms with Crippen molar-refractivity contribution in [3.8, 4) is 5.75 Å². The molecular weight excluding hydrogens is 392 g/mol. The van der Waals surface area contributed by atoms with Gasteiger partial charge in [-0.2, -0.15) is 4.99 Å². The lowest BCUT2D eigenvalue weighted by atomic mass is 9.97. The van der Waals surface area contributed by atoms with Gasteiger partial charge in [0.25, 0.3) is 11.8 Å². The topological polar surface area (TPSA) is 74.6 Å². The van der Waals surface area contributed by atoms with Crippen LogP contribution in [-0.4, -0.2) is 66.1 Å². The highest BCUT2D eigenvalue weighted by Crippen LogP contribution is 2.26. The van der Waals surface area contributed by atoms with E-state index in [2.05, 4.69) is 9.98 Å². The van der Waals surface area contributed by atoms with Crippen LogP contribution in [0, 0.1) is 5.92 Å². The normalized spacial score (nSPS) is 20.9. The number of fused-ring (bicyclic) bond motifs is 1. The highest BCUT2D eigenvalue weighted by atomic mass is 35.5. The van der Waals surface area contributed by atoms with Crippen molar-refractivity contribution in [3.63, 3.8) is 0 Å². The molecule has 1 fully saturated rings. The molecule has 0 radical (unpaired) electrons. The maximum absolute atomic E-state index is 12.9. The number of guanidine groups is 1. The maximum atomic E-state index is 12.9. The lowest BCUT2D eigenvalue weighted by Gasteiger charge is -2.36. The van der Waals surface area contributed by atoms with Gasteiger partial charge in [0.1, 0.15) is 11.7 Å². The molecule has 0 bridgehead atoms. The second kappa shape index (κ2) is 8.21. The van der Waals surface area contributed by atoms with Crippen LogP contribution >= 0.6 is 11.6 Å². The Kier molecular flexibility index (Phi) is 5.49. The zero-order chi connectivity index (χ0) is 20.4. The molecule has 1 unspecified atom stereocenters. The number of carbonyl (C=O) groups excluding carboxylic acids is 2. The molecule has 0 saturated carbocycles. The standard InChI is InChI=1S/C21H21ClN4O3/c1-2-29-18-13-14(7-8-16(18)22)20(28)25-9-11-26(12-10-25)21-23-17-6-4-3-5-15(17)19(27)24-21/h3-8,13,15H,2,9-12H2,1H3. The van der Waals surface area contributed by atoms with Gasteiger partial charge in [0, 0.05) is 31.7 Å². The van der Waals surface area contributed by atoms with Crippen molar-refractivity contribution in [2.24, 2.45) is 15.9 Å². The highest BCUT2D eigenvalue weighted by Gasteiger charge is 2.30. The van der Waals surface area contributed by atoms with Crippen molar-refractivity contribution >= 4 is 35.1 Å². The molecule has 2 amide bonds. The Hall–Kier alpha value is -2.93. The number of amides is 2. The number of rotatable bonds is 3. The number of ether oxygens (including phenoxy) is 1. The first-order valence-corrected chi connectivity index (χ1v) is 9.97. The van der Waals surface area contributed by atoms with Crippen LogP contribution in [0.25, 0.3) is 0 Å². The summed E-state index contributed by atoms with van der Waals surface area (Å²) in [6, 6.07) is 5.06. The van der Waals surface area contributed by atoms with E-state index in [4.69, 9.17) is 16.3 Å². The molecule has 1 aliphatic carbocycles. The summed E-state index contributed by atoms with van der Waals surface area (Å²) in [5.74, 6) is 0.285. The summed E-state index contributed by atoms with van der Waals surface area (Å²) in [5.41, 5.74) is 1.25. The van der Waals surface area contributed by atoms with E-state index in [9.17, 15) is 9.59 Å². The van der Waals surface area contributed by atoms with Crippen LogP contribution < -0.4 is 4.74 Å². The number of aliphatic imine (C=N–C) groups is 2. The predicted octanol–water partition coefficient (Wildman–Crippen LogP) is 2.58. The number of carbonyl (C=O) groups is 2. The Morgan fingerprint density at radius 2 is 2.00 bits per heavy atom. The van der Waals surface area contributed by atoms with Crippen LogP contribution in [0.2, 0.25) is 5.02 Å². The summed E-state index contributed by atoms with van der Waals surface area (Å²) in [6.07, 6.45) is 7.35. The molecule has 0 spiro atoms. The lowest BCUT2D eigenvalue weighted by Crippen LogP contribution is -2.51. The Labute approximate surface area is 174 Å². The predicted molar refractivity (Wildman–Crippen MR) is 112 cm³/mol. The van der Waals surface area contributed by atoms with Crippen molar-refractivity contribution in [3.05, 3.63) is 53.1 Å². The van der Waals surface area contributed by atoms with E-state index in [0.29, 0.717) is 60.8 Å². The van der Waals surface area contributed by atoms with Gasteiger partial charge in [0.2, 0.25) is 5.96 Å². The maximum Gasteiger partial charge on any atom is 0.261 e. The third kappa shape index (κ3) is 3.96. The van der Waals surface area contributed by atoms with Crippen LogP contribution in [0.3, 0.4) is 0 Å². The van der Waals surface area contributed by atoms with Gasteiger partial charge in [-0.25, -0.2) is 4.99 Å². The third-order valence-electron chi connectivity index (χ3n) is 5.03. The molecule has 1 aromatic carbocycles. The summed E-state index contributed by atoms with van der Waals surface area (Å²) in [7, 11) is 0. The fraction of sp³-hybridized carbons (Fsp3) is 0.333. The van der Waals surface area contributed by atoms with Crippen molar-refractivity contribution in [1.82, 2.24) is 9.80 Å². The first-order valence-electron chi connectivity index (χ1n) is 9.59. The first kappa shape index (κ1) is 19.4. The SMILES string of the molecule is CCOc1cc(C(=O)N2CCN(C3=NC(=O)C4C=CC=CC4=N3)CC2)ccc1Cl. The lowest BCUT2D eigenvalue weighted by molar-refractivity contribution is -0.118. The second-order valence-electron chi connectivity index (χ2n) is 6.87. The molecule has 0 aromatic heterocycles. The molecule has 29 heavy (non-hydrogen) atoms. The van der Waals surface area contributed by atoms with Crippen LogP contribution in [0.5, 0.6) is 5.75 Å². The van der Waals surface area contributed by atoms with E-state index in [1.807, 2.05) is 30.1 Å². The van der Waals surface area contributed by atoms with Gasteiger partial charge in [-0.15, -0.1) is 0 Å². The van der Waals surface area contributed by atoms with E-state index < -0.39 is 0 Å². The van der Waals surface area contributed by atoms with Gasteiger partial charge in [-0.1, -0.05) is 29.8 Å². The van der Waals surface area contributed by atoms with Crippen LogP contribution in [0.1, 0.15) is 17.3 Å². The minimum Gasteiger partial charge on any atom is -0.492 e. The smallest absolute Gasteiger partial charge is 0.261 e. The number of allylic oxidation sites excluding steroid dienone is 3. The fourth-order valence-electron chi connectivity index (χ4n) is 3.49. The molecule has 3 aliphatic rings. The van der Waals surface area contributed by atoms with Crippen molar-refractivity contribution < 1.29 is 14.3 Å². The molecule has 2 heterocycles. The summed E-state index contributed by atoms with van der Waals surface area (Å²) in [4.78, 5) is 37.6. The molecule has 4 rings (SSSR count). The van der Waals surface area contributed by atoms with Crippen molar-refractivity contribution in [1.29, 1.82) is 0 Å². The van der Waals surface area contributed by atoms with Crippen molar-refractivity contribution in [2.45, 2.75) is 6.92 Å². The summed E-state index contributed by atoms with van der Waals surface area (Å²) in [6.45, 7) is 4.50. The number of benzene rings is 1. The van der Waals surface area contributed by atoms with Gasteiger partial charge in [0.05, 0.1) is 17.3 Å². The average Bonchev–Trinajstić information content (AvgIpc) is 2.75. The summed E-state index contributed by atoms with van der Waals surface area (Å²) >= 11 is 6.11. The average molecular weight is 413 g/mol. The Bertz CT molecular complexity index is 959. The molecular formula is C21H21ClN4O3. The number of piperazine rings is 1. The molecule has 0 N–H and O–H groups in total. The van der Waals surface area contributed by atoms with E-state index in [1.54, 1.807) is 29.2 Å². The highest BCUT2D eigenvalue weighted by molar-refractivity contribution is 6.32. The van der Waals surface area contributed by atoms with E-state index in [1.165, 1.54) is 0 Å². The van der Waals surface area contributed by atoms with Crippen molar-refractivity contribution in [2.75, 3.05) is 32.8 Å². The van der Waals surface area contributed by atoms with Gasteiger partial charge in [-0.05, 0) is 31.2 Å².